The Morgan fingerprint density at radius 2 is 2.10 bits per heavy atom. The summed E-state index contributed by atoms with van der Waals surface area (Å²) in [5.74, 6) is 1.06. The molecule has 1 saturated heterocycles. The fourth-order valence-corrected chi connectivity index (χ4v) is 3.14. The zero-order chi connectivity index (χ0) is 14.1. The molecule has 1 aliphatic heterocycles. The molecule has 2 aromatic heterocycles. The maximum Gasteiger partial charge on any atom is 0.133 e. The third-order valence-corrected chi connectivity index (χ3v) is 4.14. The van der Waals surface area contributed by atoms with Gasteiger partial charge in [0, 0.05) is 24.8 Å². The first-order valence-corrected chi connectivity index (χ1v) is 7.16. The van der Waals surface area contributed by atoms with E-state index in [4.69, 9.17) is 0 Å². The van der Waals surface area contributed by atoms with E-state index in [9.17, 15) is 4.79 Å². The Kier molecular flexibility index (Phi) is 3.53. The first-order chi connectivity index (χ1) is 9.69. The summed E-state index contributed by atoms with van der Waals surface area (Å²) in [4.78, 5) is 21.8. The highest BCUT2D eigenvalue weighted by molar-refractivity contribution is 5.75. The zero-order valence-electron chi connectivity index (χ0n) is 12.0. The summed E-state index contributed by atoms with van der Waals surface area (Å²) in [6, 6.07) is 2.51. The minimum absolute atomic E-state index is 0.465. The topological polar surface area (TPSA) is 51.0 Å². The number of nitrogens with zero attached hydrogens (tertiary/aromatic N) is 4. The standard InChI is InChI=1S/C15H20N4O/c1-11-9-14-15(10-16-11)19(12(2)17-14)13-3-5-18(6-4-13)7-8-20/h8-10,13H,3-7H2,1-2H3. The van der Waals surface area contributed by atoms with Crippen LogP contribution >= 0.6 is 0 Å². The maximum atomic E-state index is 10.6. The number of aldehydes is 1. The lowest BCUT2D eigenvalue weighted by molar-refractivity contribution is -0.109. The lowest BCUT2D eigenvalue weighted by Gasteiger charge is -2.32. The van der Waals surface area contributed by atoms with Crippen molar-refractivity contribution in [2.24, 2.45) is 0 Å². The third kappa shape index (κ3) is 2.33. The third-order valence-electron chi connectivity index (χ3n) is 4.14. The van der Waals surface area contributed by atoms with E-state index >= 15 is 0 Å². The van der Waals surface area contributed by atoms with Crippen LogP contribution in [0.25, 0.3) is 11.0 Å². The van der Waals surface area contributed by atoms with Crippen molar-refractivity contribution in [3.63, 3.8) is 0 Å². The van der Waals surface area contributed by atoms with Gasteiger partial charge in [-0.05, 0) is 32.8 Å². The normalized spacial score (nSPS) is 17.7. The number of carbonyl (C=O) groups excluding carboxylic acids is 1. The maximum absolute atomic E-state index is 10.6. The van der Waals surface area contributed by atoms with Crippen LogP contribution in [0.15, 0.2) is 12.3 Å². The molecule has 106 valence electrons. The van der Waals surface area contributed by atoms with Crippen LogP contribution in [-0.2, 0) is 4.79 Å². The second-order valence-corrected chi connectivity index (χ2v) is 5.54. The zero-order valence-corrected chi connectivity index (χ0v) is 12.0. The Hall–Kier alpha value is -1.75. The summed E-state index contributed by atoms with van der Waals surface area (Å²) in [6.45, 7) is 6.56. The SMILES string of the molecule is Cc1cc2nc(C)n(C3CCN(CC=O)CC3)c2cn1. The summed E-state index contributed by atoms with van der Waals surface area (Å²) >= 11 is 0. The Morgan fingerprint density at radius 1 is 1.35 bits per heavy atom. The molecule has 3 heterocycles. The number of carbonyl (C=O) groups is 1. The van der Waals surface area contributed by atoms with Gasteiger partial charge < -0.3 is 9.36 Å². The largest absolute Gasteiger partial charge is 0.324 e. The molecule has 0 amide bonds. The Labute approximate surface area is 118 Å². The highest BCUT2D eigenvalue weighted by atomic mass is 16.1. The van der Waals surface area contributed by atoms with Gasteiger partial charge in [-0.3, -0.25) is 9.88 Å². The van der Waals surface area contributed by atoms with Crippen LogP contribution in [0.3, 0.4) is 0 Å². The lowest BCUT2D eigenvalue weighted by atomic mass is 10.0. The highest BCUT2D eigenvalue weighted by Crippen LogP contribution is 2.28. The number of piperidine rings is 1. The van der Waals surface area contributed by atoms with E-state index in [0.29, 0.717) is 12.6 Å². The fraction of sp³-hybridized carbons (Fsp3) is 0.533. The van der Waals surface area contributed by atoms with Gasteiger partial charge in [0.2, 0.25) is 0 Å². The average Bonchev–Trinajstić information content (AvgIpc) is 2.75. The quantitative estimate of drug-likeness (QED) is 0.801. The van der Waals surface area contributed by atoms with Crippen molar-refractivity contribution in [1.29, 1.82) is 0 Å². The smallest absolute Gasteiger partial charge is 0.133 e. The first-order valence-electron chi connectivity index (χ1n) is 7.16. The van der Waals surface area contributed by atoms with Gasteiger partial charge in [-0.2, -0.15) is 0 Å². The van der Waals surface area contributed by atoms with Crippen LogP contribution in [0.4, 0.5) is 0 Å². The molecule has 0 atom stereocenters. The van der Waals surface area contributed by atoms with Gasteiger partial charge in [-0.25, -0.2) is 4.98 Å². The second-order valence-electron chi connectivity index (χ2n) is 5.54. The highest BCUT2D eigenvalue weighted by Gasteiger charge is 2.23. The molecular weight excluding hydrogens is 252 g/mol. The van der Waals surface area contributed by atoms with Gasteiger partial charge in [0.15, 0.2) is 0 Å². The Balaban J connectivity index is 1.87. The van der Waals surface area contributed by atoms with Gasteiger partial charge in [0.1, 0.15) is 12.1 Å². The van der Waals surface area contributed by atoms with E-state index in [2.05, 4.69) is 26.4 Å². The molecule has 1 fully saturated rings. The van der Waals surface area contributed by atoms with E-state index in [1.807, 2.05) is 19.2 Å². The van der Waals surface area contributed by atoms with Crippen LogP contribution in [-0.4, -0.2) is 45.4 Å². The number of aryl methyl sites for hydroxylation is 2. The predicted octanol–water partition coefficient (Wildman–Crippen LogP) is 1.88. The van der Waals surface area contributed by atoms with Crippen molar-refractivity contribution in [3.05, 3.63) is 23.8 Å². The molecule has 0 unspecified atom stereocenters. The number of fused-ring (bicyclic) bond motifs is 1. The summed E-state index contributed by atoms with van der Waals surface area (Å²) in [7, 11) is 0. The van der Waals surface area contributed by atoms with Crippen molar-refractivity contribution in [2.75, 3.05) is 19.6 Å². The van der Waals surface area contributed by atoms with E-state index in [1.165, 1.54) is 0 Å². The molecule has 5 nitrogen and oxygen atoms in total. The van der Waals surface area contributed by atoms with Crippen LogP contribution in [0, 0.1) is 13.8 Å². The molecule has 0 N–H and O–H groups in total. The molecule has 3 rings (SSSR count). The van der Waals surface area contributed by atoms with Crippen molar-refractivity contribution < 1.29 is 4.79 Å². The average molecular weight is 272 g/mol. The Bertz CT molecular complexity index is 626. The van der Waals surface area contributed by atoms with Gasteiger partial charge in [0.05, 0.1) is 23.8 Å². The number of imidazole rings is 1. The van der Waals surface area contributed by atoms with Crippen molar-refractivity contribution in [1.82, 2.24) is 19.4 Å². The van der Waals surface area contributed by atoms with E-state index in [1.54, 1.807) is 0 Å². The fourth-order valence-electron chi connectivity index (χ4n) is 3.14. The van der Waals surface area contributed by atoms with Crippen LogP contribution in [0.5, 0.6) is 0 Å². The number of pyridine rings is 1. The van der Waals surface area contributed by atoms with Gasteiger partial charge in [-0.1, -0.05) is 0 Å². The number of rotatable bonds is 3. The van der Waals surface area contributed by atoms with E-state index < -0.39 is 0 Å². The van der Waals surface area contributed by atoms with Gasteiger partial charge in [-0.15, -0.1) is 0 Å². The summed E-state index contributed by atoms with van der Waals surface area (Å²) in [6.07, 6.45) is 5.05. The molecule has 0 saturated carbocycles. The minimum atomic E-state index is 0.465. The molecule has 0 aliphatic carbocycles. The number of hydrogen-bond donors (Lipinski definition) is 0. The first kappa shape index (κ1) is 13.2. The van der Waals surface area contributed by atoms with Crippen molar-refractivity contribution in [3.8, 4) is 0 Å². The summed E-state index contributed by atoms with van der Waals surface area (Å²) in [5, 5.41) is 0. The molecule has 0 aromatic carbocycles. The predicted molar refractivity (Wildman–Crippen MR) is 77.8 cm³/mol. The molecule has 2 aromatic rings. The summed E-state index contributed by atoms with van der Waals surface area (Å²) in [5.41, 5.74) is 3.16. The van der Waals surface area contributed by atoms with Gasteiger partial charge in [0.25, 0.3) is 0 Å². The van der Waals surface area contributed by atoms with Crippen LogP contribution in [0.1, 0.15) is 30.4 Å². The van der Waals surface area contributed by atoms with Crippen LogP contribution < -0.4 is 0 Å². The number of likely N-dealkylation sites (tertiary alicyclic amines) is 1. The molecular formula is C15H20N4O. The molecule has 0 radical (unpaired) electrons. The number of aromatic nitrogens is 3. The number of hydrogen-bond acceptors (Lipinski definition) is 4. The molecule has 0 spiro atoms. The molecule has 0 bridgehead atoms. The van der Waals surface area contributed by atoms with Crippen molar-refractivity contribution in [2.45, 2.75) is 32.7 Å². The van der Waals surface area contributed by atoms with Gasteiger partial charge >= 0.3 is 0 Å². The summed E-state index contributed by atoms with van der Waals surface area (Å²) < 4.78 is 2.32. The molecule has 1 aliphatic rings. The lowest BCUT2D eigenvalue weighted by Crippen LogP contribution is -2.35. The molecule has 20 heavy (non-hydrogen) atoms. The second kappa shape index (κ2) is 5.32. The minimum Gasteiger partial charge on any atom is -0.324 e. The monoisotopic (exact) mass is 272 g/mol. The van der Waals surface area contributed by atoms with Crippen molar-refractivity contribution >= 4 is 17.3 Å². The Morgan fingerprint density at radius 3 is 2.80 bits per heavy atom. The van der Waals surface area contributed by atoms with E-state index in [0.717, 1.165) is 54.8 Å². The molecule has 5 heteroatoms. The van der Waals surface area contributed by atoms with E-state index in [-0.39, 0.29) is 0 Å². The van der Waals surface area contributed by atoms with Crippen LogP contribution in [0.2, 0.25) is 0 Å².